The molecule has 0 aliphatic rings. The predicted molar refractivity (Wildman–Crippen MR) is 105 cm³/mol. The Kier molecular flexibility index (Phi) is 4.01. The lowest BCUT2D eigenvalue weighted by atomic mass is 10.00. The summed E-state index contributed by atoms with van der Waals surface area (Å²) in [6.07, 6.45) is 0. The lowest BCUT2D eigenvalue weighted by Crippen LogP contribution is -1.91. The molecule has 0 atom stereocenters. The van der Waals surface area contributed by atoms with Crippen LogP contribution in [0.2, 0.25) is 0 Å². The number of pyridine rings is 1. The van der Waals surface area contributed by atoms with E-state index < -0.39 is 0 Å². The summed E-state index contributed by atoms with van der Waals surface area (Å²) in [7, 11) is 0. The summed E-state index contributed by atoms with van der Waals surface area (Å²) in [5.74, 6) is 0. The second kappa shape index (κ2) is 6.62. The number of hydrogen-bond acceptors (Lipinski definition) is 2. The van der Waals surface area contributed by atoms with Crippen LogP contribution < -0.4 is 5.73 Å². The fourth-order valence-electron chi connectivity index (χ4n) is 2.89. The Labute approximate surface area is 147 Å². The largest absolute Gasteiger partial charge is 0.399 e. The third-order valence-electron chi connectivity index (χ3n) is 4.21. The number of rotatable bonds is 3. The Balaban J connectivity index is 1.90. The fraction of sp³-hybridized carbons (Fsp3) is 0. The van der Waals surface area contributed by atoms with Gasteiger partial charge in [0.1, 0.15) is 0 Å². The van der Waals surface area contributed by atoms with E-state index in [4.69, 9.17) is 10.7 Å². The molecule has 0 aliphatic heterocycles. The van der Waals surface area contributed by atoms with Gasteiger partial charge in [0.2, 0.25) is 0 Å². The van der Waals surface area contributed by atoms with Gasteiger partial charge in [0, 0.05) is 16.8 Å². The van der Waals surface area contributed by atoms with E-state index in [-0.39, 0.29) is 0 Å². The van der Waals surface area contributed by atoms with Crippen LogP contribution in [0.1, 0.15) is 0 Å². The first-order valence-electron chi connectivity index (χ1n) is 8.28. The maximum Gasteiger partial charge on any atom is 0.0715 e. The molecule has 2 heteroatoms. The van der Waals surface area contributed by atoms with Crippen LogP contribution in [-0.2, 0) is 0 Å². The maximum absolute atomic E-state index is 5.83. The van der Waals surface area contributed by atoms with Gasteiger partial charge in [-0.2, -0.15) is 0 Å². The van der Waals surface area contributed by atoms with E-state index >= 15 is 0 Å². The number of nitrogen functional groups attached to an aromatic ring is 1. The minimum atomic E-state index is 0.756. The van der Waals surface area contributed by atoms with Crippen LogP contribution in [0.5, 0.6) is 0 Å². The van der Waals surface area contributed by atoms with Crippen molar-refractivity contribution in [3.05, 3.63) is 97.1 Å². The molecule has 0 aliphatic carbocycles. The molecule has 0 saturated carbocycles. The molecular formula is C23H18N2. The summed E-state index contributed by atoms with van der Waals surface area (Å²) < 4.78 is 0. The average Bonchev–Trinajstić information content (AvgIpc) is 2.69. The van der Waals surface area contributed by atoms with E-state index in [0.717, 1.165) is 33.8 Å². The molecule has 0 fully saturated rings. The van der Waals surface area contributed by atoms with Gasteiger partial charge in [-0.3, -0.25) is 0 Å². The summed E-state index contributed by atoms with van der Waals surface area (Å²) in [5.41, 5.74) is 13.0. The molecule has 0 spiro atoms. The number of hydrogen-bond donors (Lipinski definition) is 1. The van der Waals surface area contributed by atoms with Crippen LogP contribution >= 0.6 is 0 Å². The topological polar surface area (TPSA) is 38.9 Å². The quantitative estimate of drug-likeness (QED) is 0.494. The lowest BCUT2D eigenvalue weighted by Gasteiger charge is -2.10. The maximum atomic E-state index is 5.83. The van der Waals surface area contributed by atoms with Gasteiger partial charge in [-0.15, -0.1) is 0 Å². The number of nitrogens with zero attached hydrogens (tertiary/aromatic N) is 1. The summed E-state index contributed by atoms with van der Waals surface area (Å²) in [6, 6.07) is 32.8. The molecule has 0 saturated heterocycles. The van der Waals surface area contributed by atoms with Crippen molar-refractivity contribution in [2.24, 2.45) is 0 Å². The molecule has 0 radical (unpaired) electrons. The third-order valence-corrected chi connectivity index (χ3v) is 4.21. The van der Waals surface area contributed by atoms with Crippen molar-refractivity contribution in [3.8, 4) is 33.6 Å². The Morgan fingerprint density at radius 1 is 0.480 bits per heavy atom. The Hall–Kier alpha value is -3.39. The zero-order valence-corrected chi connectivity index (χ0v) is 13.8. The molecule has 0 amide bonds. The van der Waals surface area contributed by atoms with Gasteiger partial charge in [-0.05, 0) is 35.4 Å². The molecule has 2 N–H and O–H groups in total. The minimum Gasteiger partial charge on any atom is -0.399 e. The lowest BCUT2D eigenvalue weighted by molar-refractivity contribution is 1.32. The van der Waals surface area contributed by atoms with Gasteiger partial charge >= 0.3 is 0 Å². The average molecular weight is 322 g/mol. The molecule has 1 aromatic heterocycles. The highest BCUT2D eigenvalue weighted by Gasteiger charge is 2.08. The molecule has 120 valence electrons. The molecule has 2 nitrogen and oxygen atoms in total. The first-order chi connectivity index (χ1) is 12.3. The van der Waals surface area contributed by atoms with E-state index in [1.165, 1.54) is 5.56 Å². The van der Waals surface area contributed by atoms with Crippen molar-refractivity contribution in [2.45, 2.75) is 0 Å². The zero-order valence-electron chi connectivity index (χ0n) is 13.8. The summed E-state index contributed by atoms with van der Waals surface area (Å²) in [4.78, 5) is 4.89. The van der Waals surface area contributed by atoms with Gasteiger partial charge < -0.3 is 5.73 Å². The highest BCUT2D eigenvalue weighted by Crippen LogP contribution is 2.30. The smallest absolute Gasteiger partial charge is 0.0715 e. The molecule has 1 heterocycles. The van der Waals surface area contributed by atoms with Crippen molar-refractivity contribution < 1.29 is 0 Å². The highest BCUT2D eigenvalue weighted by molar-refractivity contribution is 5.76. The third kappa shape index (κ3) is 3.29. The van der Waals surface area contributed by atoms with E-state index in [2.05, 4.69) is 48.5 Å². The fourth-order valence-corrected chi connectivity index (χ4v) is 2.89. The van der Waals surface area contributed by atoms with Crippen LogP contribution in [0.3, 0.4) is 0 Å². The Morgan fingerprint density at radius 3 is 1.52 bits per heavy atom. The molecule has 4 rings (SSSR count). The molecule has 3 aromatic carbocycles. The van der Waals surface area contributed by atoms with Crippen LogP contribution in [0.25, 0.3) is 33.6 Å². The van der Waals surface area contributed by atoms with Crippen LogP contribution in [0, 0.1) is 0 Å². The number of benzene rings is 3. The van der Waals surface area contributed by atoms with Gasteiger partial charge in [0.25, 0.3) is 0 Å². The summed E-state index contributed by atoms with van der Waals surface area (Å²) in [5, 5.41) is 0. The van der Waals surface area contributed by atoms with Crippen molar-refractivity contribution in [3.63, 3.8) is 0 Å². The summed E-state index contributed by atoms with van der Waals surface area (Å²) in [6.45, 7) is 0. The normalized spacial score (nSPS) is 10.6. The predicted octanol–water partition coefficient (Wildman–Crippen LogP) is 5.66. The molecule has 25 heavy (non-hydrogen) atoms. The van der Waals surface area contributed by atoms with Gasteiger partial charge in [-0.1, -0.05) is 72.8 Å². The molecular weight excluding hydrogens is 304 g/mol. The monoisotopic (exact) mass is 322 g/mol. The summed E-state index contributed by atoms with van der Waals surface area (Å²) >= 11 is 0. The molecule has 0 bridgehead atoms. The van der Waals surface area contributed by atoms with Gasteiger partial charge in [0.15, 0.2) is 0 Å². The number of aromatic nitrogens is 1. The van der Waals surface area contributed by atoms with E-state index in [1.807, 2.05) is 48.5 Å². The van der Waals surface area contributed by atoms with Crippen LogP contribution in [0.15, 0.2) is 97.1 Å². The number of anilines is 1. The van der Waals surface area contributed by atoms with E-state index in [1.54, 1.807) is 0 Å². The first kappa shape index (κ1) is 15.2. The highest BCUT2D eigenvalue weighted by atomic mass is 14.7. The van der Waals surface area contributed by atoms with Crippen molar-refractivity contribution in [2.75, 3.05) is 5.73 Å². The number of nitrogens with two attached hydrogens (primary N) is 1. The molecule has 0 unspecified atom stereocenters. The molecule has 4 aromatic rings. The minimum absolute atomic E-state index is 0.756. The SMILES string of the molecule is Nc1ccc(-c2cc(-c3ccccc3)cc(-c3ccccc3)n2)cc1. The Morgan fingerprint density at radius 2 is 0.960 bits per heavy atom. The standard InChI is InChI=1S/C23H18N2/c24-21-13-11-19(12-14-21)23-16-20(17-7-3-1-4-8-17)15-22(25-23)18-9-5-2-6-10-18/h1-16H,24H2. The van der Waals surface area contributed by atoms with Crippen molar-refractivity contribution >= 4 is 5.69 Å². The van der Waals surface area contributed by atoms with Crippen LogP contribution in [0.4, 0.5) is 5.69 Å². The second-order valence-corrected chi connectivity index (χ2v) is 5.98. The first-order valence-corrected chi connectivity index (χ1v) is 8.28. The van der Waals surface area contributed by atoms with Crippen molar-refractivity contribution in [1.82, 2.24) is 4.98 Å². The van der Waals surface area contributed by atoms with Crippen molar-refractivity contribution in [1.29, 1.82) is 0 Å². The van der Waals surface area contributed by atoms with Crippen LogP contribution in [-0.4, -0.2) is 4.98 Å². The zero-order chi connectivity index (χ0) is 17.1. The second-order valence-electron chi connectivity index (χ2n) is 5.98. The van der Waals surface area contributed by atoms with Gasteiger partial charge in [-0.25, -0.2) is 4.98 Å². The Bertz CT molecular complexity index is 918. The van der Waals surface area contributed by atoms with Gasteiger partial charge in [0.05, 0.1) is 11.4 Å². The van der Waals surface area contributed by atoms with E-state index in [0.29, 0.717) is 0 Å². The van der Waals surface area contributed by atoms with E-state index in [9.17, 15) is 0 Å².